The molecule has 2 aromatic heterocycles. The minimum atomic E-state index is 0.168. The van der Waals surface area contributed by atoms with Crippen LogP contribution in [0.4, 0.5) is 0 Å². The lowest BCUT2D eigenvalue weighted by molar-refractivity contribution is 0.0791. The van der Waals surface area contributed by atoms with Crippen molar-refractivity contribution in [3.8, 4) is 0 Å². The van der Waals surface area contributed by atoms with Gasteiger partial charge in [0, 0.05) is 25.4 Å². The van der Waals surface area contributed by atoms with Crippen LogP contribution in [0.15, 0.2) is 16.0 Å². The molecular weight excluding hydrogens is 298 g/mol. The van der Waals surface area contributed by atoms with Crippen LogP contribution in [-0.2, 0) is 6.42 Å². The fourth-order valence-corrected chi connectivity index (χ4v) is 3.92. The first-order valence-corrected chi connectivity index (χ1v) is 8.74. The maximum Gasteiger partial charge on any atom is 0.264 e. The summed E-state index contributed by atoms with van der Waals surface area (Å²) in [4.78, 5) is 19.8. The van der Waals surface area contributed by atoms with E-state index >= 15 is 0 Å². The highest BCUT2D eigenvalue weighted by Crippen LogP contribution is 2.39. The van der Waals surface area contributed by atoms with Gasteiger partial charge in [0.25, 0.3) is 5.91 Å². The Kier molecular flexibility index (Phi) is 3.48. The predicted octanol–water partition coefficient (Wildman–Crippen LogP) is 3.02. The number of likely N-dealkylation sites (tertiary alicyclic amines) is 1. The van der Waals surface area contributed by atoms with Crippen molar-refractivity contribution in [2.75, 3.05) is 13.1 Å². The van der Waals surface area contributed by atoms with Crippen molar-refractivity contribution in [3.05, 3.63) is 33.6 Å². The van der Waals surface area contributed by atoms with Crippen LogP contribution in [-0.4, -0.2) is 34.0 Å². The highest BCUT2D eigenvalue weighted by Gasteiger charge is 2.32. The smallest absolute Gasteiger partial charge is 0.264 e. The summed E-state index contributed by atoms with van der Waals surface area (Å²) in [7, 11) is 0. The standard InChI is InChI=1S/C16H19N3O2S/c1-10-5-7-22-14(10)16(20)19-6-4-11(9-19)8-13-17-15(21-18-13)12-2-3-12/h5,7,11-12H,2-4,6,8-9H2,1H3. The molecule has 1 saturated heterocycles. The molecule has 116 valence electrons. The minimum absolute atomic E-state index is 0.168. The van der Waals surface area contributed by atoms with Crippen molar-refractivity contribution in [2.24, 2.45) is 5.92 Å². The van der Waals surface area contributed by atoms with Crippen LogP contribution in [0.5, 0.6) is 0 Å². The zero-order valence-electron chi connectivity index (χ0n) is 12.6. The summed E-state index contributed by atoms with van der Waals surface area (Å²) in [5.74, 6) is 2.71. The van der Waals surface area contributed by atoms with Crippen molar-refractivity contribution in [3.63, 3.8) is 0 Å². The SMILES string of the molecule is Cc1ccsc1C(=O)N1CCC(Cc2noc(C3CC3)n2)C1. The number of thiophene rings is 1. The zero-order valence-corrected chi connectivity index (χ0v) is 13.4. The van der Waals surface area contributed by atoms with Crippen molar-refractivity contribution in [1.29, 1.82) is 0 Å². The molecule has 0 N–H and O–H groups in total. The van der Waals surface area contributed by atoms with Gasteiger partial charge in [-0.25, -0.2) is 0 Å². The molecule has 4 rings (SSSR count). The first kappa shape index (κ1) is 13.9. The Bertz CT molecular complexity index is 689. The van der Waals surface area contributed by atoms with Gasteiger partial charge in [0.15, 0.2) is 5.82 Å². The van der Waals surface area contributed by atoms with E-state index in [1.54, 1.807) is 0 Å². The monoisotopic (exact) mass is 317 g/mol. The largest absolute Gasteiger partial charge is 0.339 e. The van der Waals surface area contributed by atoms with E-state index in [0.717, 1.165) is 48.1 Å². The van der Waals surface area contributed by atoms with E-state index < -0.39 is 0 Å². The van der Waals surface area contributed by atoms with Gasteiger partial charge in [-0.1, -0.05) is 5.16 Å². The Morgan fingerprint density at radius 1 is 1.45 bits per heavy atom. The molecular formula is C16H19N3O2S. The second kappa shape index (κ2) is 5.50. The quantitative estimate of drug-likeness (QED) is 0.869. The van der Waals surface area contributed by atoms with Gasteiger partial charge in [-0.15, -0.1) is 11.3 Å². The molecule has 0 aromatic carbocycles. The van der Waals surface area contributed by atoms with Crippen molar-refractivity contribution in [2.45, 2.75) is 38.5 Å². The third kappa shape index (κ3) is 2.67. The van der Waals surface area contributed by atoms with Crippen molar-refractivity contribution in [1.82, 2.24) is 15.0 Å². The molecule has 5 nitrogen and oxygen atoms in total. The van der Waals surface area contributed by atoms with E-state index in [-0.39, 0.29) is 5.91 Å². The van der Waals surface area contributed by atoms with Gasteiger partial charge in [-0.2, -0.15) is 4.98 Å². The zero-order chi connectivity index (χ0) is 15.1. The van der Waals surface area contributed by atoms with E-state index in [4.69, 9.17) is 4.52 Å². The van der Waals surface area contributed by atoms with Crippen LogP contribution in [0.2, 0.25) is 0 Å². The van der Waals surface area contributed by atoms with Gasteiger partial charge in [-0.3, -0.25) is 4.79 Å². The highest BCUT2D eigenvalue weighted by molar-refractivity contribution is 7.12. The average Bonchev–Trinajstić information content (AvgIpc) is 2.90. The number of amides is 1. The van der Waals surface area contributed by atoms with Crippen molar-refractivity contribution >= 4 is 17.2 Å². The summed E-state index contributed by atoms with van der Waals surface area (Å²) in [5, 5.41) is 6.07. The van der Waals surface area contributed by atoms with Gasteiger partial charge >= 0.3 is 0 Å². The van der Waals surface area contributed by atoms with Crippen LogP contribution >= 0.6 is 11.3 Å². The molecule has 0 spiro atoms. The third-order valence-corrected chi connectivity index (χ3v) is 5.52. The number of nitrogens with zero attached hydrogens (tertiary/aromatic N) is 3. The van der Waals surface area contributed by atoms with Crippen LogP contribution in [0.3, 0.4) is 0 Å². The summed E-state index contributed by atoms with van der Waals surface area (Å²) in [6.07, 6.45) is 4.17. The molecule has 2 aliphatic rings. The van der Waals surface area contributed by atoms with E-state index in [1.807, 2.05) is 23.3 Å². The lowest BCUT2D eigenvalue weighted by Gasteiger charge is -2.15. The molecule has 2 aromatic rings. The second-order valence-electron chi connectivity index (χ2n) is 6.37. The van der Waals surface area contributed by atoms with E-state index in [1.165, 1.54) is 24.2 Å². The number of aryl methyl sites for hydroxylation is 1. The molecule has 1 aliphatic carbocycles. The molecule has 1 amide bonds. The fraction of sp³-hybridized carbons (Fsp3) is 0.562. The Morgan fingerprint density at radius 3 is 3.05 bits per heavy atom. The number of hydrogen-bond acceptors (Lipinski definition) is 5. The van der Waals surface area contributed by atoms with Crippen LogP contribution in [0, 0.1) is 12.8 Å². The third-order valence-electron chi connectivity index (χ3n) is 4.51. The van der Waals surface area contributed by atoms with E-state index in [2.05, 4.69) is 10.1 Å². The van der Waals surface area contributed by atoms with Crippen LogP contribution in [0.25, 0.3) is 0 Å². The van der Waals surface area contributed by atoms with Crippen LogP contribution < -0.4 is 0 Å². The van der Waals surface area contributed by atoms with Gasteiger partial charge in [-0.05, 0) is 49.1 Å². The van der Waals surface area contributed by atoms with Crippen LogP contribution in [0.1, 0.15) is 52.1 Å². The maximum atomic E-state index is 12.5. The first-order valence-electron chi connectivity index (χ1n) is 7.86. The average molecular weight is 317 g/mol. The van der Waals surface area contributed by atoms with Gasteiger partial charge < -0.3 is 9.42 Å². The topological polar surface area (TPSA) is 59.2 Å². The predicted molar refractivity (Wildman–Crippen MR) is 83.0 cm³/mol. The number of carbonyl (C=O) groups is 1. The molecule has 6 heteroatoms. The molecule has 1 aliphatic heterocycles. The van der Waals surface area contributed by atoms with Crippen molar-refractivity contribution < 1.29 is 9.32 Å². The number of rotatable bonds is 4. The maximum absolute atomic E-state index is 12.5. The van der Waals surface area contributed by atoms with E-state index in [9.17, 15) is 4.79 Å². The summed E-state index contributed by atoms with van der Waals surface area (Å²) in [6.45, 7) is 3.62. The summed E-state index contributed by atoms with van der Waals surface area (Å²) < 4.78 is 5.31. The second-order valence-corrected chi connectivity index (χ2v) is 7.28. The Labute approximate surface area is 133 Å². The Hall–Kier alpha value is -1.69. The summed E-state index contributed by atoms with van der Waals surface area (Å²) >= 11 is 1.53. The molecule has 2 fully saturated rings. The Balaban J connectivity index is 1.37. The van der Waals surface area contributed by atoms with Gasteiger partial charge in [0.1, 0.15) is 0 Å². The molecule has 22 heavy (non-hydrogen) atoms. The Morgan fingerprint density at radius 2 is 2.32 bits per heavy atom. The van der Waals surface area contributed by atoms with E-state index in [0.29, 0.717) is 11.8 Å². The highest BCUT2D eigenvalue weighted by atomic mass is 32.1. The molecule has 0 bridgehead atoms. The lowest BCUT2D eigenvalue weighted by Crippen LogP contribution is -2.28. The normalized spacial score (nSPS) is 21.5. The number of aromatic nitrogens is 2. The molecule has 1 atom stereocenters. The number of carbonyl (C=O) groups excluding carboxylic acids is 1. The minimum Gasteiger partial charge on any atom is -0.339 e. The molecule has 3 heterocycles. The molecule has 1 saturated carbocycles. The molecule has 0 radical (unpaired) electrons. The van der Waals surface area contributed by atoms with Gasteiger partial charge in [0.2, 0.25) is 5.89 Å². The summed E-state index contributed by atoms with van der Waals surface area (Å²) in [5.41, 5.74) is 1.07. The summed E-state index contributed by atoms with van der Waals surface area (Å²) in [6, 6.07) is 2.00. The van der Waals surface area contributed by atoms with Gasteiger partial charge in [0.05, 0.1) is 4.88 Å². The first-order chi connectivity index (χ1) is 10.7. The number of hydrogen-bond donors (Lipinski definition) is 0. The lowest BCUT2D eigenvalue weighted by atomic mass is 10.1. The molecule has 1 unspecified atom stereocenters. The fourth-order valence-electron chi connectivity index (χ4n) is 3.02.